The minimum atomic E-state index is -1.95. The summed E-state index contributed by atoms with van der Waals surface area (Å²) in [4.78, 5) is 5.51. The maximum Gasteiger partial charge on any atom is 0.334 e. The monoisotopic (exact) mass is 388 g/mol. The molecule has 6 nitrogen and oxygen atoms in total. The second-order valence-electron chi connectivity index (χ2n) is 8.69. The molecule has 2 atom stereocenters. The highest BCUT2D eigenvalue weighted by molar-refractivity contribution is 6.77. The molecule has 2 fully saturated rings. The van der Waals surface area contributed by atoms with Crippen molar-refractivity contribution in [2.24, 2.45) is 0 Å². The van der Waals surface area contributed by atoms with Crippen LogP contribution in [-0.4, -0.2) is 98.3 Å². The highest BCUT2D eigenvalue weighted by Crippen LogP contribution is 2.23. The molecule has 0 radical (unpaired) electrons. The fourth-order valence-electron chi connectivity index (χ4n) is 4.09. The minimum Gasteiger partial charge on any atom is -0.398 e. The lowest BCUT2D eigenvalue weighted by Crippen LogP contribution is -2.70. The topological polar surface area (TPSA) is 49.0 Å². The first-order valence-corrected chi connectivity index (χ1v) is 15.9. The van der Waals surface area contributed by atoms with Gasteiger partial charge in [-0.05, 0) is 25.6 Å². The van der Waals surface area contributed by atoms with Gasteiger partial charge < -0.3 is 19.5 Å². The molecular weight excluding hydrogens is 348 g/mol. The second-order valence-corrected chi connectivity index (χ2v) is 17.7. The highest BCUT2D eigenvalue weighted by atomic mass is 28.4. The van der Waals surface area contributed by atoms with E-state index >= 15 is 0 Å². The van der Waals surface area contributed by atoms with Crippen LogP contribution >= 0.6 is 0 Å². The molecule has 0 saturated carbocycles. The number of nitrogens with zero attached hydrogens (tertiary/aromatic N) is 2. The lowest BCUT2D eigenvalue weighted by atomic mass is 10.2. The summed E-state index contributed by atoms with van der Waals surface area (Å²) in [5.41, 5.74) is 0.714. The predicted molar refractivity (Wildman–Crippen MR) is 110 cm³/mol. The standard InChI is InChI=1S/C17H40N4O2Si2/c1-22-25(6,23-2)13-7-10-20-11-8-18-14-16(20)21-12-9-19-15-17(21)24(3,4)5/h16-19H,7-15H2,1-6H3. The Morgan fingerprint density at radius 2 is 1.60 bits per heavy atom. The summed E-state index contributed by atoms with van der Waals surface area (Å²) < 4.78 is 11.3. The van der Waals surface area contributed by atoms with Crippen molar-refractivity contribution < 1.29 is 8.85 Å². The van der Waals surface area contributed by atoms with E-state index < -0.39 is 16.6 Å². The summed E-state index contributed by atoms with van der Waals surface area (Å²) in [5.74, 6) is 0. The molecule has 2 heterocycles. The Labute approximate surface area is 156 Å². The molecule has 0 aromatic heterocycles. The molecular formula is C17H40N4O2Si2. The fraction of sp³-hybridized carbons (Fsp3) is 1.00. The van der Waals surface area contributed by atoms with Crippen LogP contribution in [0.2, 0.25) is 32.2 Å². The molecule has 2 aliphatic rings. The van der Waals surface area contributed by atoms with Crippen LogP contribution in [-0.2, 0) is 8.85 Å². The van der Waals surface area contributed by atoms with E-state index in [1.165, 1.54) is 6.54 Å². The quantitative estimate of drug-likeness (QED) is 0.608. The molecule has 0 aliphatic carbocycles. The number of hydrogen-bond acceptors (Lipinski definition) is 6. The zero-order valence-corrected chi connectivity index (χ0v) is 19.2. The summed E-state index contributed by atoms with van der Waals surface area (Å²) in [6.07, 6.45) is 1.69. The van der Waals surface area contributed by atoms with Crippen molar-refractivity contribution in [3.05, 3.63) is 0 Å². The maximum atomic E-state index is 5.65. The Balaban J connectivity index is 1.99. The Kier molecular flexibility index (Phi) is 8.09. The fourth-order valence-corrected chi connectivity index (χ4v) is 7.52. The molecule has 2 aliphatic heterocycles. The van der Waals surface area contributed by atoms with Crippen LogP contribution in [0.3, 0.4) is 0 Å². The van der Waals surface area contributed by atoms with Crippen molar-refractivity contribution in [1.82, 2.24) is 20.4 Å². The van der Waals surface area contributed by atoms with E-state index in [1.807, 2.05) is 0 Å². The molecule has 0 aromatic carbocycles. The molecule has 2 unspecified atom stereocenters. The molecule has 148 valence electrons. The van der Waals surface area contributed by atoms with Crippen molar-refractivity contribution >= 4 is 16.6 Å². The first-order valence-electron chi connectivity index (χ1n) is 9.82. The van der Waals surface area contributed by atoms with Gasteiger partial charge in [0.15, 0.2) is 0 Å². The molecule has 0 aromatic rings. The molecule has 0 spiro atoms. The van der Waals surface area contributed by atoms with Crippen LogP contribution in [0.4, 0.5) is 0 Å². The van der Waals surface area contributed by atoms with Gasteiger partial charge in [0.25, 0.3) is 0 Å². The lowest BCUT2D eigenvalue weighted by Gasteiger charge is -2.51. The van der Waals surface area contributed by atoms with Crippen LogP contribution in [0.25, 0.3) is 0 Å². The zero-order chi connectivity index (χ0) is 18.5. The van der Waals surface area contributed by atoms with Gasteiger partial charge >= 0.3 is 8.56 Å². The average molecular weight is 389 g/mol. The van der Waals surface area contributed by atoms with Crippen LogP contribution in [0.1, 0.15) is 6.42 Å². The van der Waals surface area contributed by atoms with E-state index in [9.17, 15) is 0 Å². The second kappa shape index (κ2) is 9.41. The summed E-state index contributed by atoms with van der Waals surface area (Å²) >= 11 is 0. The van der Waals surface area contributed by atoms with Gasteiger partial charge in [0.2, 0.25) is 0 Å². The van der Waals surface area contributed by atoms with Gasteiger partial charge in [-0.15, -0.1) is 0 Å². The Hall–Kier alpha value is 0.194. The minimum absolute atomic E-state index is 0.533. The van der Waals surface area contributed by atoms with Crippen LogP contribution in [0.5, 0.6) is 0 Å². The first-order chi connectivity index (χ1) is 11.8. The molecule has 2 saturated heterocycles. The average Bonchev–Trinajstić information content (AvgIpc) is 2.61. The number of rotatable bonds is 8. The van der Waals surface area contributed by atoms with Gasteiger partial charge in [-0.2, -0.15) is 0 Å². The first kappa shape index (κ1) is 21.5. The smallest absolute Gasteiger partial charge is 0.334 e. The van der Waals surface area contributed by atoms with Crippen molar-refractivity contribution in [3.63, 3.8) is 0 Å². The molecule has 8 heteroatoms. The largest absolute Gasteiger partial charge is 0.398 e. The van der Waals surface area contributed by atoms with Crippen molar-refractivity contribution in [1.29, 1.82) is 0 Å². The van der Waals surface area contributed by atoms with Gasteiger partial charge in [0.05, 0.1) is 14.2 Å². The lowest BCUT2D eigenvalue weighted by molar-refractivity contribution is 0.00365. The molecule has 0 bridgehead atoms. The maximum absolute atomic E-state index is 5.65. The Morgan fingerprint density at radius 3 is 2.24 bits per heavy atom. The Morgan fingerprint density at radius 1 is 0.960 bits per heavy atom. The SMILES string of the molecule is CO[Si](C)(CCCN1CCNCC1N1CCNCC1[Si](C)(C)C)OC. The van der Waals surface area contributed by atoms with E-state index in [2.05, 4.69) is 46.6 Å². The molecule has 2 rings (SSSR count). The van der Waals surface area contributed by atoms with E-state index in [1.54, 1.807) is 14.2 Å². The van der Waals surface area contributed by atoms with E-state index in [4.69, 9.17) is 8.85 Å². The van der Waals surface area contributed by atoms with Gasteiger partial charge in [0.1, 0.15) is 0 Å². The number of nitrogens with one attached hydrogen (secondary N) is 2. The van der Waals surface area contributed by atoms with Gasteiger partial charge in [-0.25, -0.2) is 0 Å². The van der Waals surface area contributed by atoms with Crippen LogP contribution in [0.15, 0.2) is 0 Å². The zero-order valence-electron chi connectivity index (χ0n) is 17.2. The van der Waals surface area contributed by atoms with E-state index in [0.717, 1.165) is 51.7 Å². The highest BCUT2D eigenvalue weighted by Gasteiger charge is 2.40. The third-order valence-electron chi connectivity index (χ3n) is 5.93. The molecule has 0 amide bonds. The molecule has 2 N–H and O–H groups in total. The summed E-state index contributed by atoms with van der Waals surface area (Å²) in [7, 11) is 0.413. The number of piperazine rings is 2. The van der Waals surface area contributed by atoms with Gasteiger partial charge in [-0.3, -0.25) is 9.80 Å². The van der Waals surface area contributed by atoms with Crippen molar-refractivity contribution in [2.45, 2.75) is 50.5 Å². The van der Waals surface area contributed by atoms with E-state index in [0.29, 0.717) is 11.8 Å². The van der Waals surface area contributed by atoms with Gasteiger partial charge in [-0.1, -0.05) is 19.6 Å². The number of hydrogen-bond donors (Lipinski definition) is 2. The van der Waals surface area contributed by atoms with Gasteiger partial charge in [0, 0.05) is 59.2 Å². The van der Waals surface area contributed by atoms with Crippen molar-refractivity contribution in [3.8, 4) is 0 Å². The van der Waals surface area contributed by atoms with E-state index in [-0.39, 0.29) is 0 Å². The predicted octanol–water partition coefficient (Wildman–Crippen LogP) is 1.12. The summed E-state index contributed by atoms with van der Waals surface area (Å²) in [6.45, 7) is 17.6. The third kappa shape index (κ3) is 5.83. The summed E-state index contributed by atoms with van der Waals surface area (Å²) in [5, 5.41) is 7.26. The van der Waals surface area contributed by atoms with Crippen LogP contribution in [0, 0.1) is 0 Å². The third-order valence-corrected chi connectivity index (χ3v) is 11.5. The molecule has 25 heavy (non-hydrogen) atoms. The summed E-state index contributed by atoms with van der Waals surface area (Å²) in [6, 6.07) is 1.07. The van der Waals surface area contributed by atoms with Crippen molar-refractivity contribution in [2.75, 3.05) is 60.0 Å². The normalized spacial score (nSPS) is 27.6. The Bertz CT molecular complexity index is 405. The van der Waals surface area contributed by atoms with Crippen LogP contribution < -0.4 is 10.6 Å².